The molecular formula is C23H26BF2IN2O. The first kappa shape index (κ1) is 21.5. The molecule has 0 atom stereocenters. The van der Waals surface area contributed by atoms with Gasteiger partial charge in [-0.15, -0.1) is 0 Å². The largest absolute Gasteiger partial charge is 0.737 e. The number of aromatic nitrogens is 1. The predicted molar refractivity (Wildman–Crippen MR) is 127 cm³/mol. The summed E-state index contributed by atoms with van der Waals surface area (Å²) in [5.41, 5.74) is 7.36. The third kappa shape index (κ3) is 2.74. The van der Waals surface area contributed by atoms with Gasteiger partial charge in [-0.25, -0.2) is 0 Å². The lowest BCUT2D eigenvalue weighted by molar-refractivity contribution is -0.365. The van der Waals surface area contributed by atoms with Gasteiger partial charge in [0.15, 0.2) is 11.4 Å². The van der Waals surface area contributed by atoms with E-state index in [1.807, 2.05) is 52.0 Å². The molecule has 0 saturated carbocycles. The van der Waals surface area contributed by atoms with Crippen molar-refractivity contribution < 1.29 is 18.2 Å². The van der Waals surface area contributed by atoms with Crippen molar-refractivity contribution in [3.8, 4) is 0 Å². The summed E-state index contributed by atoms with van der Waals surface area (Å²) in [6, 6.07) is 8.03. The second kappa shape index (κ2) is 7.44. The first-order valence-corrected chi connectivity index (χ1v) is 11.5. The lowest BCUT2D eigenvalue weighted by Crippen LogP contribution is -2.52. The average molecular weight is 522 g/mol. The average Bonchev–Trinajstić information content (AvgIpc) is 3.15. The van der Waals surface area contributed by atoms with Crippen molar-refractivity contribution in [2.24, 2.45) is 0 Å². The molecular weight excluding hydrogens is 496 g/mol. The summed E-state index contributed by atoms with van der Waals surface area (Å²) >= 11 is 2.25. The summed E-state index contributed by atoms with van der Waals surface area (Å²) in [4.78, 5) is 0. The predicted octanol–water partition coefficient (Wildman–Crippen LogP) is 5.45. The smallest absolute Gasteiger partial charge is 0.393 e. The van der Waals surface area contributed by atoms with Crippen LogP contribution in [0.2, 0.25) is 0 Å². The van der Waals surface area contributed by atoms with Crippen molar-refractivity contribution in [3.63, 3.8) is 0 Å². The molecule has 0 spiro atoms. The zero-order valence-electron chi connectivity index (χ0n) is 18.0. The van der Waals surface area contributed by atoms with E-state index in [0.717, 1.165) is 41.5 Å². The maximum atomic E-state index is 16.2. The number of halogens is 3. The molecule has 7 heteroatoms. The van der Waals surface area contributed by atoms with Gasteiger partial charge in [-0.3, -0.25) is 0 Å². The Hall–Kier alpha value is -1.74. The highest BCUT2D eigenvalue weighted by Gasteiger charge is 2.57. The maximum absolute atomic E-state index is 16.2. The van der Waals surface area contributed by atoms with E-state index in [-0.39, 0.29) is 0 Å². The van der Waals surface area contributed by atoms with Gasteiger partial charge in [-0.2, -0.15) is 0 Å². The van der Waals surface area contributed by atoms with Gasteiger partial charge >= 0.3 is 6.97 Å². The van der Waals surface area contributed by atoms with E-state index in [2.05, 4.69) is 22.6 Å². The molecule has 0 unspecified atom stereocenters. The molecule has 0 fully saturated rings. The highest BCUT2D eigenvalue weighted by Crippen LogP contribution is 2.47. The second-order valence-corrected chi connectivity index (χ2v) is 9.26. The number of allylic oxidation sites excluding steroid dienone is 1. The summed E-state index contributed by atoms with van der Waals surface area (Å²) in [5, 5.41) is 10.1. The van der Waals surface area contributed by atoms with Crippen LogP contribution in [0.5, 0.6) is 0 Å². The molecule has 0 saturated heterocycles. The van der Waals surface area contributed by atoms with Crippen LogP contribution in [0.3, 0.4) is 0 Å². The second-order valence-electron chi connectivity index (χ2n) is 8.01. The van der Waals surface area contributed by atoms with Crippen LogP contribution in [0, 0.1) is 17.4 Å². The molecule has 1 aromatic carbocycles. The highest BCUT2D eigenvalue weighted by molar-refractivity contribution is 14.1. The van der Waals surface area contributed by atoms with Crippen LogP contribution < -0.4 is 0 Å². The normalized spacial score (nSPS) is 17.8. The molecule has 30 heavy (non-hydrogen) atoms. The van der Waals surface area contributed by atoms with Gasteiger partial charge in [0.2, 0.25) is 0 Å². The topological polar surface area (TPSA) is 28.2 Å². The lowest BCUT2D eigenvalue weighted by Gasteiger charge is -2.34. The standard InChI is InChI=1S/C23H26BF2IN2O/c1-6-18-13(3)22-21(16-8-10-17(27)11-9-16)23-14(4)19(7-2)20(12-30)29(23)24(25,26)28(22)15(18)5/h8-11,30H,6-7,12H2,1-5H3. The van der Waals surface area contributed by atoms with Crippen LogP contribution in [-0.4, -0.2) is 33.4 Å². The molecule has 4 rings (SSSR count). The summed E-state index contributed by atoms with van der Waals surface area (Å²) in [6.07, 6.45) is 1.30. The lowest BCUT2D eigenvalue weighted by atomic mass is 9.83. The fourth-order valence-electron chi connectivity index (χ4n) is 5.35. The van der Waals surface area contributed by atoms with Crippen LogP contribution in [0.1, 0.15) is 55.3 Å². The third-order valence-electron chi connectivity index (χ3n) is 6.62. The zero-order valence-corrected chi connectivity index (χ0v) is 20.1. The van der Waals surface area contributed by atoms with Gasteiger partial charge < -0.3 is 22.7 Å². The molecule has 0 radical (unpaired) electrons. The SMILES string of the molecule is CCC1=C(C)C2=C(c3ccc(I)cc3)c3c(C)c(CC)c(C)n3[B-](F)(F)[N+]2=C1CO. The number of rotatable bonds is 4. The van der Waals surface area contributed by atoms with Crippen LogP contribution in [0.4, 0.5) is 8.63 Å². The molecule has 2 aliphatic rings. The van der Waals surface area contributed by atoms with Crippen LogP contribution in [0.25, 0.3) is 5.57 Å². The van der Waals surface area contributed by atoms with Gasteiger partial charge in [0.25, 0.3) is 0 Å². The van der Waals surface area contributed by atoms with E-state index in [1.54, 1.807) is 6.92 Å². The Morgan fingerprint density at radius 2 is 1.70 bits per heavy atom. The Morgan fingerprint density at radius 1 is 1.07 bits per heavy atom. The van der Waals surface area contributed by atoms with Gasteiger partial charge in [-0.05, 0) is 90.7 Å². The minimum absolute atomic E-state index is 0.326. The molecule has 0 aliphatic carbocycles. The Bertz CT molecular complexity index is 1160. The number of benzene rings is 1. The zero-order chi connectivity index (χ0) is 22.0. The fraction of sp³-hybridized carbons (Fsp3) is 0.348. The third-order valence-corrected chi connectivity index (χ3v) is 7.34. The van der Waals surface area contributed by atoms with Crippen molar-refractivity contribution >= 4 is 40.8 Å². The number of hydrogen-bond acceptors (Lipinski definition) is 1. The van der Waals surface area contributed by atoms with Gasteiger partial charge in [0.05, 0.1) is 5.57 Å². The number of aliphatic hydroxyl groups is 1. The molecule has 1 aromatic heterocycles. The first-order valence-electron chi connectivity index (χ1n) is 10.4. The van der Waals surface area contributed by atoms with Gasteiger partial charge in [0, 0.05) is 20.4 Å². The highest BCUT2D eigenvalue weighted by atomic mass is 127. The van der Waals surface area contributed by atoms with Crippen molar-refractivity contribution in [3.05, 3.63) is 72.8 Å². The van der Waals surface area contributed by atoms with E-state index in [0.29, 0.717) is 35.6 Å². The van der Waals surface area contributed by atoms with Crippen molar-refractivity contribution in [2.45, 2.75) is 47.5 Å². The number of nitrogens with zero attached hydrogens (tertiary/aromatic N) is 2. The van der Waals surface area contributed by atoms with E-state index < -0.39 is 13.6 Å². The maximum Gasteiger partial charge on any atom is 0.737 e. The minimum Gasteiger partial charge on any atom is -0.393 e. The quantitative estimate of drug-likeness (QED) is 0.420. The molecule has 3 nitrogen and oxygen atoms in total. The van der Waals surface area contributed by atoms with E-state index in [4.69, 9.17) is 0 Å². The fourth-order valence-corrected chi connectivity index (χ4v) is 5.71. The number of fused-ring (bicyclic) bond motifs is 2. The Labute approximate surface area is 190 Å². The molecule has 0 amide bonds. The van der Waals surface area contributed by atoms with Gasteiger partial charge in [0.1, 0.15) is 6.61 Å². The monoisotopic (exact) mass is 522 g/mol. The van der Waals surface area contributed by atoms with E-state index >= 15 is 8.63 Å². The summed E-state index contributed by atoms with van der Waals surface area (Å²) in [6.45, 7) is 5.09. The van der Waals surface area contributed by atoms with E-state index in [9.17, 15) is 5.11 Å². The molecule has 3 heterocycles. The molecule has 1 N–H and O–H groups in total. The summed E-state index contributed by atoms with van der Waals surface area (Å²) in [5.74, 6) is 0. The molecule has 158 valence electrons. The van der Waals surface area contributed by atoms with Crippen molar-refractivity contribution in [1.29, 1.82) is 0 Å². The van der Waals surface area contributed by atoms with Crippen molar-refractivity contribution in [1.82, 2.24) is 4.48 Å². The van der Waals surface area contributed by atoms with Crippen LogP contribution in [0.15, 0.2) is 41.1 Å². The Kier molecular flexibility index (Phi) is 5.33. The first-order chi connectivity index (χ1) is 14.2. The number of hydrogen-bond donors (Lipinski definition) is 1. The molecule has 2 aliphatic heterocycles. The molecule has 0 bridgehead atoms. The van der Waals surface area contributed by atoms with Crippen molar-refractivity contribution in [2.75, 3.05) is 6.61 Å². The Morgan fingerprint density at radius 3 is 2.23 bits per heavy atom. The summed E-state index contributed by atoms with van der Waals surface area (Å²) in [7, 11) is 0. The number of aliphatic hydroxyl groups excluding tert-OH is 1. The summed E-state index contributed by atoms with van der Waals surface area (Å²) < 4.78 is 35.8. The molecule has 2 aromatic rings. The van der Waals surface area contributed by atoms with E-state index in [1.165, 1.54) is 4.48 Å². The van der Waals surface area contributed by atoms with Crippen LogP contribution in [-0.2, 0) is 6.42 Å². The van der Waals surface area contributed by atoms with Crippen LogP contribution >= 0.6 is 22.6 Å². The minimum atomic E-state index is -4.12. The Balaban J connectivity index is 2.23. The van der Waals surface area contributed by atoms with Gasteiger partial charge in [-0.1, -0.05) is 26.0 Å².